The number of carbonyl (C=O) groups is 1. The number of hydroxylamine groups is 1. The van der Waals surface area contributed by atoms with E-state index in [4.69, 9.17) is 4.84 Å². The van der Waals surface area contributed by atoms with E-state index in [0.29, 0.717) is 23.4 Å². The highest BCUT2D eigenvalue weighted by atomic mass is 16.6. The van der Waals surface area contributed by atoms with Crippen LogP contribution in [0.5, 0.6) is 17.2 Å². The van der Waals surface area contributed by atoms with Crippen molar-refractivity contribution in [1.29, 1.82) is 0 Å². The Morgan fingerprint density at radius 3 is 2.16 bits per heavy atom. The van der Waals surface area contributed by atoms with Crippen LogP contribution in [-0.2, 0) is 9.63 Å². The van der Waals surface area contributed by atoms with Crippen molar-refractivity contribution < 1.29 is 25.0 Å². The summed E-state index contributed by atoms with van der Waals surface area (Å²) in [5, 5.41) is 30.9. The summed E-state index contributed by atoms with van der Waals surface area (Å²) in [6, 6.07) is 10.7. The summed E-state index contributed by atoms with van der Waals surface area (Å²) in [4.78, 5) is 15.9. The van der Waals surface area contributed by atoms with Gasteiger partial charge in [0.1, 0.15) is 5.75 Å². The molecule has 5 N–H and O–H groups in total. The molecule has 1 amide bonds. The highest BCUT2D eigenvalue weighted by Crippen LogP contribution is 2.26. The summed E-state index contributed by atoms with van der Waals surface area (Å²) in [6.45, 7) is 0. The lowest BCUT2D eigenvalue weighted by Gasteiger charge is -2.13. The highest BCUT2D eigenvalue weighted by Gasteiger charge is 2.07. The third-order valence-corrected chi connectivity index (χ3v) is 3.23. The Bertz CT molecular complexity index is 798. The maximum absolute atomic E-state index is 11.0. The number of hydrogen-bond acceptors (Lipinski definition) is 6. The van der Waals surface area contributed by atoms with Crippen LogP contribution in [0, 0.1) is 0 Å². The molecule has 2 rings (SSSR count). The largest absolute Gasteiger partial charge is 0.508 e. The van der Waals surface area contributed by atoms with Crippen LogP contribution in [0.25, 0.3) is 12.2 Å². The number of rotatable bonds is 7. The van der Waals surface area contributed by atoms with Gasteiger partial charge >= 0.3 is 0 Å². The van der Waals surface area contributed by atoms with Gasteiger partial charge in [-0.3, -0.25) is 15.1 Å². The highest BCUT2D eigenvalue weighted by molar-refractivity contribution is 5.70. The van der Waals surface area contributed by atoms with Crippen molar-refractivity contribution in [2.45, 2.75) is 0 Å². The monoisotopic (exact) mass is 342 g/mol. The van der Waals surface area contributed by atoms with E-state index in [-0.39, 0.29) is 17.2 Å². The predicted octanol–water partition coefficient (Wildman–Crippen LogP) is 2.08. The van der Waals surface area contributed by atoms with Gasteiger partial charge in [0.2, 0.25) is 6.41 Å². The summed E-state index contributed by atoms with van der Waals surface area (Å²) >= 11 is 0. The topological polar surface area (TPSA) is 111 Å². The van der Waals surface area contributed by atoms with Crippen molar-refractivity contribution in [3.63, 3.8) is 0 Å². The summed E-state index contributed by atoms with van der Waals surface area (Å²) in [5.41, 5.74) is 4.79. The van der Waals surface area contributed by atoms with Crippen LogP contribution < -0.4 is 10.8 Å². The normalized spacial score (nSPS) is 11.9. The van der Waals surface area contributed by atoms with Gasteiger partial charge in [-0.15, -0.1) is 0 Å². The van der Waals surface area contributed by atoms with E-state index in [1.165, 1.54) is 31.4 Å². The van der Waals surface area contributed by atoms with Gasteiger partial charge in [-0.05, 0) is 47.5 Å². The third kappa shape index (κ3) is 5.02. The van der Waals surface area contributed by atoms with Gasteiger partial charge in [0.15, 0.2) is 11.5 Å². The summed E-state index contributed by atoms with van der Waals surface area (Å²) in [6.07, 6.45) is 3.80. The molecule has 0 aromatic heterocycles. The summed E-state index contributed by atoms with van der Waals surface area (Å²) in [5.74, 6) is -0.375. The molecule has 0 radical (unpaired) electrons. The molecule has 0 unspecified atom stereocenters. The van der Waals surface area contributed by atoms with E-state index in [9.17, 15) is 20.1 Å². The first-order valence-corrected chi connectivity index (χ1v) is 7.27. The zero-order valence-electron chi connectivity index (χ0n) is 13.4. The Kier molecular flexibility index (Phi) is 6.02. The minimum atomic E-state index is -0.275. The number of amides is 1. The standard InChI is InChI=1S/C18H18N2O5/c1-25-20-16(8-12-2-5-14(22)6-3-12)15(19-11-21)9-13-4-7-17(23)18(24)10-13/h2-11,20,22-24H,1H3,(H,19,21). The SMILES string of the molecule is CONC(=Cc1ccc(O)cc1)C(=Cc1ccc(O)c(O)c1)NC=O. The number of hydrogen-bond donors (Lipinski definition) is 5. The molecule has 130 valence electrons. The molecular weight excluding hydrogens is 324 g/mol. The maximum Gasteiger partial charge on any atom is 0.211 e. The molecule has 7 heteroatoms. The van der Waals surface area contributed by atoms with E-state index in [2.05, 4.69) is 10.8 Å². The Balaban J connectivity index is 2.44. The average Bonchev–Trinajstić information content (AvgIpc) is 2.59. The smallest absolute Gasteiger partial charge is 0.211 e. The van der Waals surface area contributed by atoms with Crippen LogP contribution in [0.3, 0.4) is 0 Å². The molecule has 0 fully saturated rings. The number of phenolic OH excluding ortho intramolecular Hbond substituents is 3. The lowest BCUT2D eigenvalue weighted by Crippen LogP contribution is -2.21. The molecule has 2 aromatic rings. The maximum atomic E-state index is 11.0. The van der Waals surface area contributed by atoms with Gasteiger partial charge in [0, 0.05) is 0 Å². The van der Waals surface area contributed by atoms with E-state index in [1.54, 1.807) is 30.4 Å². The minimum absolute atomic E-state index is 0.139. The fourth-order valence-corrected chi connectivity index (χ4v) is 2.07. The van der Waals surface area contributed by atoms with E-state index >= 15 is 0 Å². The Morgan fingerprint density at radius 1 is 0.920 bits per heavy atom. The minimum Gasteiger partial charge on any atom is -0.508 e. The Hall–Kier alpha value is -3.45. The molecule has 0 aliphatic heterocycles. The van der Waals surface area contributed by atoms with Crippen LogP contribution in [0.2, 0.25) is 0 Å². The zero-order chi connectivity index (χ0) is 18.2. The lowest BCUT2D eigenvalue weighted by atomic mass is 10.1. The number of benzene rings is 2. The van der Waals surface area contributed by atoms with Crippen LogP contribution >= 0.6 is 0 Å². The van der Waals surface area contributed by atoms with Gasteiger partial charge in [-0.2, -0.15) is 0 Å². The Morgan fingerprint density at radius 2 is 1.56 bits per heavy atom. The number of phenols is 3. The molecule has 0 aliphatic rings. The van der Waals surface area contributed by atoms with Crippen molar-refractivity contribution in [3.8, 4) is 17.2 Å². The second-order valence-corrected chi connectivity index (χ2v) is 5.02. The number of aromatic hydroxyl groups is 3. The molecule has 0 spiro atoms. The summed E-state index contributed by atoms with van der Waals surface area (Å²) < 4.78 is 0. The second kappa shape index (κ2) is 8.42. The quantitative estimate of drug-likeness (QED) is 0.228. The molecule has 25 heavy (non-hydrogen) atoms. The van der Waals surface area contributed by atoms with Crippen LogP contribution in [0.4, 0.5) is 0 Å². The van der Waals surface area contributed by atoms with Crippen molar-refractivity contribution >= 4 is 18.6 Å². The molecule has 7 nitrogen and oxygen atoms in total. The molecule has 0 aliphatic carbocycles. The molecule has 0 bridgehead atoms. The Labute approximate surface area is 144 Å². The average molecular weight is 342 g/mol. The van der Waals surface area contributed by atoms with Gasteiger partial charge in [-0.1, -0.05) is 18.2 Å². The van der Waals surface area contributed by atoms with Gasteiger partial charge in [-0.25, -0.2) is 0 Å². The van der Waals surface area contributed by atoms with E-state index in [1.807, 2.05) is 0 Å². The van der Waals surface area contributed by atoms with Gasteiger partial charge < -0.3 is 20.6 Å². The first-order valence-electron chi connectivity index (χ1n) is 7.27. The molecule has 0 saturated heterocycles. The first-order chi connectivity index (χ1) is 12.0. The lowest BCUT2D eigenvalue weighted by molar-refractivity contribution is -0.108. The molecule has 0 heterocycles. The van der Waals surface area contributed by atoms with Crippen molar-refractivity contribution in [2.24, 2.45) is 0 Å². The van der Waals surface area contributed by atoms with Crippen molar-refractivity contribution in [1.82, 2.24) is 10.8 Å². The first kappa shape index (κ1) is 17.9. The van der Waals surface area contributed by atoms with Gasteiger partial charge in [0.05, 0.1) is 18.5 Å². The zero-order valence-corrected chi connectivity index (χ0v) is 13.4. The van der Waals surface area contributed by atoms with E-state index in [0.717, 1.165) is 5.56 Å². The van der Waals surface area contributed by atoms with Crippen LogP contribution in [-0.4, -0.2) is 28.8 Å². The molecule has 0 atom stereocenters. The van der Waals surface area contributed by atoms with Crippen molar-refractivity contribution in [2.75, 3.05) is 7.11 Å². The van der Waals surface area contributed by atoms with Crippen molar-refractivity contribution in [3.05, 3.63) is 65.0 Å². The predicted molar refractivity (Wildman–Crippen MR) is 93.2 cm³/mol. The number of nitrogens with one attached hydrogen (secondary N) is 2. The summed E-state index contributed by atoms with van der Waals surface area (Å²) in [7, 11) is 1.43. The number of carbonyl (C=O) groups excluding carboxylic acids is 1. The van der Waals surface area contributed by atoms with Crippen LogP contribution in [0.1, 0.15) is 11.1 Å². The van der Waals surface area contributed by atoms with Gasteiger partial charge in [0.25, 0.3) is 0 Å². The fraction of sp³-hybridized carbons (Fsp3) is 0.0556. The third-order valence-electron chi connectivity index (χ3n) is 3.23. The molecular formula is C18H18N2O5. The molecule has 2 aromatic carbocycles. The fourth-order valence-electron chi connectivity index (χ4n) is 2.07. The van der Waals surface area contributed by atoms with E-state index < -0.39 is 0 Å². The van der Waals surface area contributed by atoms with Crippen LogP contribution in [0.15, 0.2) is 53.9 Å². The second-order valence-electron chi connectivity index (χ2n) is 5.02. The molecule has 0 saturated carbocycles.